The first-order valence-corrected chi connectivity index (χ1v) is 21.0. The van der Waals surface area contributed by atoms with Gasteiger partial charge in [-0.05, 0) is 106 Å². The van der Waals surface area contributed by atoms with Gasteiger partial charge in [-0.2, -0.15) is 0 Å². The minimum Gasteiger partial charge on any atom is -0.496 e. The van der Waals surface area contributed by atoms with Crippen molar-refractivity contribution in [2.24, 2.45) is 22.7 Å². The Bertz CT molecular complexity index is 1750. The number of aryl methyl sites for hydroxylation is 2. The molecule has 0 fully saturated rings. The first-order valence-electron chi connectivity index (χ1n) is 21.0. The molecule has 5 rings (SSSR count). The maximum absolute atomic E-state index is 12.9. The molecule has 3 aromatic carbocycles. The summed E-state index contributed by atoms with van der Waals surface area (Å²) in [5.74, 6) is 1.70. The lowest BCUT2D eigenvalue weighted by molar-refractivity contribution is 0.0895. The van der Waals surface area contributed by atoms with E-state index in [1.165, 1.54) is 27.8 Å². The van der Waals surface area contributed by atoms with Gasteiger partial charge in [-0.1, -0.05) is 160 Å². The van der Waals surface area contributed by atoms with Crippen molar-refractivity contribution in [2.75, 3.05) is 7.11 Å². The molecule has 0 saturated heterocycles. The summed E-state index contributed by atoms with van der Waals surface area (Å²) in [6.45, 7) is 47.4. The number of benzene rings is 3. The molecule has 0 spiro atoms. The van der Waals surface area contributed by atoms with Gasteiger partial charge in [0.25, 0.3) is 0 Å². The van der Waals surface area contributed by atoms with E-state index in [9.17, 15) is 9.59 Å². The summed E-state index contributed by atoms with van der Waals surface area (Å²) < 4.78 is 5.64. The molecule has 3 aromatic rings. The molecule has 0 aliphatic heterocycles. The van der Waals surface area contributed by atoms with Gasteiger partial charge in [0.05, 0.1) is 12.7 Å². The normalized spacial score (nSPS) is 16.4. The Kier molecular flexibility index (Phi) is 17.9. The van der Waals surface area contributed by atoms with Gasteiger partial charge in [0, 0.05) is 23.0 Å². The summed E-state index contributed by atoms with van der Waals surface area (Å²) in [4.78, 5) is 25.5. The minimum atomic E-state index is -0.0250. The highest BCUT2D eigenvalue weighted by Gasteiger charge is 2.38. The van der Waals surface area contributed by atoms with E-state index < -0.39 is 0 Å². The summed E-state index contributed by atoms with van der Waals surface area (Å²) in [5.41, 5.74) is 11.5. The van der Waals surface area contributed by atoms with Crippen LogP contribution < -0.4 is 4.74 Å². The Balaban J connectivity index is 0.000000418. The number of hydrogen-bond donors (Lipinski definition) is 0. The molecule has 2 atom stereocenters. The first kappa shape index (κ1) is 50.6. The van der Waals surface area contributed by atoms with Crippen molar-refractivity contribution in [3.63, 3.8) is 0 Å². The first-order chi connectivity index (χ1) is 25.5. The second kappa shape index (κ2) is 19.8. The van der Waals surface area contributed by atoms with Gasteiger partial charge in [0.15, 0.2) is 11.6 Å². The number of methoxy groups -OCH3 is 1. The molecule has 0 aromatic heterocycles. The molecule has 3 heteroatoms. The average molecular weight is 767 g/mol. The Morgan fingerprint density at radius 1 is 0.571 bits per heavy atom. The van der Waals surface area contributed by atoms with Gasteiger partial charge in [-0.25, -0.2) is 0 Å². The van der Waals surface area contributed by atoms with Crippen LogP contribution in [0.2, 0.25) is 0 Å². The second-order valence-corrected chi connectivity index (χ2v) is 21.1. The average Bonchev–Trinajstić information content (AvgIpc) is 3.53. The highest BCUT2D eigenvalue weighted by Crippen LogP contribution is 2.43. The van der Waals surface area contributed by atoms with Crippen molar-refractivity contribution >= 4 is 11.6 Å². The van der Waals surface area contributed by atoms with Crippen molar-refractivity contribution in [3.8, 4) is 5.75 Å². The smallest absolute Gasteiger partial charge is 0.170 e. The molecule has 0 saturated carbocycles. The summed E-state index contributed by atoms with van der Waals surface area (Å²) >= 11 is 0. The Hall–Kier alpha value is -3.46. The summed E-state index contributed by atoms with van der Waals surface area (Å²) in [7, 11) is 1.68. The standard InChI is InChI=1S/C19H28O2.C19H28O.C11H16.C2H6.C2H4/c1-18(2,3)11-13-10-12-8-9-14(19(4,5)6)17(21-7)15(12)16(13)20;1-12-8-13-9-14(11-18(2,3)4)17(20)15(13)10-16(12)19(5,6)7;1-9-7-5-6-8-10(9)11(2,3)4;2*1-2/h8-9,13H,10-11H2,1-7H3;8,10,14H,9,11H2,1-7H3;5-8H,1-4H3;1-2H3;1-2H2. The number of fused-ring (bicyclic) bond motifs is 2. The van der Waals surface area contributed by atoms with Gasteiger partial charge >= 0.3 is 0 Å². The summed E-state index contributed by atoms with van der Waals surface area (Å²) in [6, 6.07) is 17.2. The zero-order chi connectivity index (χ0) is 43.8. The highest BCUT2D eigenvalue weighted by molar-refractivity contribution is 6.05. The maximum atomic E-state index is 12.9. The molecule has 3 nitrogen and oxygen atoms in total. The van der Waals surface area contributed by atoms with Crippen LogP contribution >= 0.6 is 0 Å². The van der Waals surface area contributed by atoms with Crippen molar-refractivity contribution in [2.45, 2.75) is 173 Å². The van der Waals surface area contributed by atoms with E-state index in [-0.39, 0.29) is 44.7 Å². The number of ether oxygens (including phenoxy) is 1. The van der Waals surface area contributed by atoms with Crippen molar-refractivity contribution in [1.82, 2.24) is 0 Å². The van der Waals surface area contributed by atoms with E-state index in [0.29, 0.717) is 5.78 Å². The molecular formula is C53H82O3. The quantitative estimate of drug-likeness (QED) is 0.249. The third kappa shape index (κ3) is 13.9. The van der Waals surface area contributed by atoms with Crippen molar-refractivity contribution < 1.29 is 14.3 Å². The molecule has 56 heavy (non-hydrogen) atoms. The van der Waals surface area contributed by atoms with Gasteiger partial charge in [0.2, 0.25) is 0 Å². The van der Waals surface area contributed by atoms with E-state index >= 15 is 0 Å². The SMILES string of the molecule is C=C.CC.COc1c(C(C)(C)C)ccc2c1C(=O)C(CC(C)(C)C)C2.Cc1cc2c(cc1C(C)(C)C)C(=O)C(CC(C)(C)C)C2.Cc1ccccc1C(C)(C)C. The van der Waals surface area contributed by atoms with Crippen LogP contribution in [0.5, 0.6) is 5.75 Å². The number of ketones is 2. The zero-order valence-electron chi connectivity index (χ0n) is 39.7. The van der Waals surface area contributed by atoms with E-state index in [0.717, 1.165) is 53.7 Å². The third-order valence-corrected chi connectivity index (χ3v) is 10.4. The van der Waals surface area contributed by atoms with E-state index in [4.69, 9.17) is 4.74 Å². The number of carbonyl (C=O) groups is 2. The van der Waals surface area contributed by atoms with Crippen LogP contribution in [0.25, 0.3) is 0 Å². The second-order valence-electron chi connectivity index (χ2n) is 21.1. The number of rotatable bonds is 3. The van der Waals surface area contributed by atoms with E-state index in [1.807, 2.05) is 13.8 Å². The molecule has 2 aliphatic carbocycles. The Morgan fingerprint density at radius 3 is 1.43 bits per heavy atom. The molecule has 0 bridgehead atoms. The zero-order valence-corrected chi connectivity index (χ0v) is 39.7. The molecule has 2 unspecified atom stereocenters. The maximum Gasteiger partial charge on any atom is 0.170 e. The van der Waals surface area contributed by atoms with Gasteiger partial charge in [-0.15, -0.1) is 13.2 Å². The fourth-order valence-corrected chi connectivity index (χ4v) is 8.20. The molecule has 0 radical (unpaired) electrons. The largest absolute Gasteiger partial charge is 0.496 e. The Morgan fingerprint density at radius 2 is 1.02 bits per heavy atom. The topological polar surface area (TPSA) is 43.4 Å². The van der Waals surface area contributed by atoms with Crippen LogP contribution in [0.15, 0.2) is 61.7 Å². The van der Waals surface area contributed by atoms with Crippen LogP contribution in [0, 0.1) is 36.5 Å². The van der Waals surface area contributed by atoms with E-state index in [1.54, 1.807) is 7.11 Å². The molecular weight excluding hydrogens is 685 g/mol. The number of carbonyl (C=O) groups excluding carboxylic acids is 2. The van der Waals surface area contributed by atoms with Gasteiger partial charge < -0.3 is 4.74 Å². The van der Waals surface area contributed by atoms with Crippen LogP contribution in [-0.4, -0.2) is 18.7 Å². The van der Waals surface area contributed by atoms with Crippen LogP contribution in [0.1, 0.15) is 190 Å². The summed E-state index contributed by atoms with van der Waals surface area (Å²) in [6.07, 6.45) is 3.68. The molecule has 0 heterocycles. The van der Waals surface area contributed by atoms with E-state index in [2.05, 4.69) is 179 Å². The number of Topliss-reactive ketones (excluding diaryl/α,β-unsaturated/α-hetero) is 2. The highest BCUT2D eigenvalue weighted by atomic mass is 16.5. The fourth-order valence-electron chi connectivity index (χ4n) is 8.20. The van der Waals surface area contributed by atoms with Crippen molar-refractivity contribution in [1.29, 1.82) is 0 Å². The molecule has 312 valence electrons. The molecule has 2 aliphatic rings. The predicted octanol–water partition coefficient (Wildman–Crippen LogP) is 15.0. The molecule has 0 N–H and O–H groups in total. The predicted molar refractivity (Wildman–Crippen MR) is 245 cm³/mol. The van der Waals surface area contributed by atoms with Crippen LogP contribution in [0.3, 0.4) is 0 Å². The minimum absolute atomic E-state index is 0.0250. The lowest BCUT2D eigenvalue weighted by Gasteiger charge is -2.24. The van der Waals surface area contributed by atoms with Crippen molar-refractivity contribution in [3.05, 3.63) is 112 Å². The molecule has 0 amide bonds. The monoisotopic (exact) mass is 767 g/mol. The van der Waals surface area contributed by atoms with Crippen LogP contribution in [-0.2, 0) is 29.1 Å². The van der Waals surface area contributed by atoms with Crippen LogP contribution in [0.4, 0.5) is 0 Å². The lowest BCUT2D eigenvalue weighted by atomic mass is 9.82. The van der Waals surface area contributed by atoms with Gasteiger partial charge in [0.1, 0.15) is 5.75 Å². The summed E-state index contributed by atoms with van der Waals surface area (Å²) in [5, 5.41) is 0. The number of hydrogen-bond acceptors (Lipinski definition) is 3. The lowest BCUT2D eigenvalue weighted by Crippen LogP contribution is -2.19. The third-order valence-electron chi connectivity index (χ3n) is 10.4. The Labute approximate surface area is 345 Å². The fraction of sp³-hybridized carbons (Fsp3) is 0.585. The van der Waals surface area contributed by atoms with Gasteiger partial charge in [-0.3, -0.25) is 9.59 Å².